The van der Waals surface area contributed by atoms with Crippen molar-refractivity contribution in [1.82, 2.24) is 15.1 Å². The van der Waals surface area contributed by atoms with Gasteiger partial charge in [-0.15, -0.1) is 0 Å². The Morgan fingerprint density at radius 3 is 2.52 bits per heavy atom. The third-order valence-electron chi connectivity index (χ3n) is 4.23. The highest BCUT2D eigenvalue weighted by Gasteiger charge is 2.17. The molecule has 29 heavy (non-hydrogen) atoms. The van der Waals surface area contributed by atoms with Gasteiger partial charge in [0, 0.05) is 0 Å². The maximum Gasteiger partial charge on any atom is 0.307 e. The molecule has 1 heterocycles. The molecule has 1 aromatic heterocycles. The average Bonchev–Trinajstić information content (AvgIpc) is 3.17. The van der Waals surface area contributed by atoms with Gasteiger partial charge >= 0.3 is 5.69 Å². The Labute approximate surface area is 166 Å². The van der Waals surface area contributed by atoms with E-state index < -0.39 is 10.8 Å². The molecular weight excluding hydrogens is 374 g/mol. The lowest BCUT2D eigenvalue weighted by molar-refractivity contribution is -0.385. The summed E-state index contributed by atoms with van der Waals surface area (Å²) >= 11 is 0. The van der Waals surface area contributed by atoms with Crippen molar-refractivity contribution in [3.8, 4) is 0 Å². The SMILES string of the molecule is CC(NC(=O)c1ccccc1NC(=O)Cn1cc([N+](=O)[O-])cn1)c1ccccc1. The lowest BCUT2D eigenvalue weighted by Crippen LogP contribution is -2.28. The van der Waals surface area contributed by atoms with Crippen LogP contribution in [0.1, 0.15) is 28.9 Å². The van der Waals surface area contributed by atoms with E-state index in [1.807, 2.05) is 37.3 Å². The van der Waals surface area contributed by atoms with Gasteiger partial charge in [-0.05, 0) is 24.6 Å². The molecule has 9 heteroatoms. The fourth-order valence-electron chi connectivity index (χ4n) is 2.76. The Bertz CT molecular complexity index is 1030. The summed E-state index contributed by atoms with van der Waals surface area (Å²) in [6.45, 7) is 1.66. The van der Waals surface area contributed by atoms with Crippen molar-refractivity contribution >= 4 is 23.2 Å². The number of nitrogens with one attached hydrogen (secondary N) is 2. The molecule has 3 aromatic rings. The minimum atomic E-state index is -0.588. The van der Waals surface area contributed by atoms with Crippen LogP contribution in [0.15, 0.2) is 67.0 Å². The van der Waals surface area contributed by atoms with Crippen LogP contribution >= 0.6 is 0 Å². The van der Waals surface area contributed by atoms with E-state index in [0.717, 1.165) is 16.4 Å². The van der Waals surface area contributed by atoms with Crippen LogP contribution in [0.4, 0.5) is 11.4 Å². The Morgan fingerprint density at radius 1 is 1.14 bits per heavy atom. The van der Waals surface area contributed by atoms with Crippen LogP contribution in [0.5, 0.6) is 0 Å². The summed E-state index contributed by atoms with van der Waals surface area (Å²) in [5.41, 5.74) is 1.42. The number of hydrogen-bond acceptors (Lipinski definition) is 5. The van der Waals surface area contributed by atoms with Gasteiger partial charge in [0.1, 0.15) is 18.9 Å². The highest BCUT2D eigenvalue weighted by molar-refractivity contribution is 6.03. The number of rotatable bonds is 7. The summed E-state index contributed by atoms with van der Waals surface area (Å²) < 4.78 is 1.16. The van der Waals surface area contributed by atoms with E-state index in [9.17, 15) is 19.7 Å². The van der Waals surface area contributed by atoms with Gasteiger partial charge in [0.05, 0.1) is 22.2 Å². The predicted molar refractivity (Wildman–Crippen MR) is 106 cm³/mol. The Hall–Kier alpha value is -4.01. The molecule has 2 N–H and O–H groups in total. The third-order valence-corrected chi connectivity index (χ3v) is 4.23. The average molecular weight is 393 g/mol. The summed E-state index contributed by atoms with van der Waals surface area (Å²) in [7, 11) is 0. The molecule has 148 valence electrons. The maximum atomic E-state index is 12.7. The van der Waals surface area contributed by atoms with Gasteiger partial charge in [-0.3, -0.25) is 24.4 Å². The number of amides is 2. The zero-order valence-electron chi connectivity index (χ0n) is 15.6. The molecule has 9 nitrogen and oxygen atoms in total. The first-order chi connectivity index (χ1) is 13.9. The number of nitro groups is 1. The van der Waals surface area contributed by atoms with Crippen molar-refractivity contribution in [2.75, 3.05) is 5.32 Å². The zero-order valence-corrected chi connectivity index (χ0v) is 15.6. The first-order valence-corrected chi connectivity index (χ1v) is 8.85. The van der Waals surface area contributed by atoms with Gasteiger partial charge in [0.25, 0.3) is 5.91 Å². The standard InChI is InChI=1S/C20H19N5O4/c1-14(15-7-3-2-4-8-15)22-20(27)17-9-5-6-10-18(17)23-19(26)13-24-12-16(11-21-24)25(28)29/h2-12,14H,13H2,1H3,(H,22,27)(H,23,26). The fraction of sp³-hybridized carbons (Fsp3) is 0.150. The maximum absolute atomic E-state index is 12.7. The van der Waals surface area contributed by atoms with E-state index in [2.05, 4.69) is 15.7 Å². The highest BCUT2D eigenvalue weighted by atomic mass is 16.6. The lowest BCUT2D eigenvalue weighted by atomic mass is 10.1. The molecule has 0 saturated carbocycles. The smallest absolute Gasteiger partial charge is 0.307 e. The number of anilines is 1. The van der Waals surface area contributed by atoms with Crippen LogP contribution < -0.4 is 10.6 Å². The van der Waals surface area contributed by atoms with E-state index in [4.69, 9.17) is 0 Å². The van der Waals surface area contributed by atoms with Crippen LogP contribution in [0, 0.1) is 10.1 Å². The van der Waals surface area contributed by atoms with E-state index in [1.54, 1.807) is 24.3 Å². The first-order valence-electron chi connectivity index (χ1n) is 8.85. The molecule has 0 saturated heterocycles. The quantitative estimate of drug-likeness (QED) is 0.472. The van der Waals surface area contributed by atoms with Gasteiger partial charge < -0.3 is 10.6 Å². The van der Waals surface area contributed by atoms with Gasteiger partial charge in [0.15, 0.2) is 0 Å². The molecular formula is C20H19N5O4. The van der Waals surface area contributed by atoms with Gasteiger partial charge in [0.2, 0.25) is 5.91 Å². The summed E-state index contributed by atoms with van der Waals surface area (Å²) in [4.78, 5) is 35.1. The minimum Gasteiger partial charge on any atom is -0.345 e. The molecule has 0 spiro atoms. The zero-order chi connectivity index (χ0) is 20.8. The molecule has 0 aliphatic rings. The molecule has 0 fully saturated rings. The van der Waals surface area contributed by atoms with Crippen LogP contribution in [0.25, 0.3) is 0 Å². The van der Waals surface area contributed by atoms with Crippen molar-refractivity contribution in [1.29, 1.82) is 0 Å². The Morgan fingerprint density at radius 2 is 1.83 bits per heavy atom. The number of nitrogens with zero attached hydrogens (tertiary/aromatic N) is 3. The topological polar surface area (TPSA) is 119 Å². The lowest BCUT2D eigenvalue weighted by Gasteiger charge is -2.16. The van der Waals surface area contributed by atoms with Gasteiger partial charge in [-0.1, -0.05) is 42.5 Å². The minimum absolute atomic E-state index is 0.201. The van der Waals surface area contributed by atoms with Gasteiger partial charge in [-0.2, -0.15) is 5.10 Å². The summed E-state index contributed by atoms with van der Waals surface area (Å²) in [6.07, 6.45) is 2.24. The first kappa shape index (κ1) is 19.7. The van der Waals surface area contributed by atoms with E-state index in [0.29, 0.717) is 11.3 Å². The van der Waals surface area contributed by atoms with Crippen molar-refractivity contribution in [3.05, 3.63) is 88.2 Å². The number of benzene rings is 2. The number of para-hydroxylation sites is 1. The van der Waals surface area contributed by atoms with Crippen molar-refractivity contribution in [2.45, 2.75) is 19.5 Å². The number of aromatic nitrogens is 2. The molecule has 2 aromatic carbocycles. The predicted octanol–water partition coefficient (Wildman–Crippen LogP) is 2.92. The largest absolute Gasteiger partial charge is 0.345 e. The van der Waals surface area contributed by atoms with Crippen LogP contribution in [0.2, 0.25) is 0 Å². The van der Waals surface area contributed by atoms with Crippen molar-refractivity contribution in [3.63, 3.8) is 0 Å². The Kier molecular flexibility index (Phi) is 5.98. The van der Waals surface area contributed by atoms with E-state index in [1.165, 1.54) is 6.20 Å². The molecule has 1 atom stereocenters. The molecule has 0 aliphatic carbocycles. The number of carbonyl (C=O) groups is 2. The molecule has 2 amide bonds. The molecule has 0 bridgehead atoms. The molecule has 0 aliphatic heterocycles. The third kappa shape index (κ3) is 5.04. The molecule has 3 rings (SSSR count). The summed E-state index contributed by atoms with van der Waals surface area (Å²) in [6, 6.07) is 15.9. The van der Waals surface area contributed by atoms with Crippen molar-refractivity contribution in [2.24, 2.45) is 0 Å². The number of carbonyl (C=O) groups excluding carboxylic acids is 2. The molecule has 0 radical (unpaired) electrons. The normalized spacial score (nSPS) is 11.5. The summed E-state index contributed by atoms with van der Waals surface area (Å²) in [5, 5.41) is 20.1. The second-order valence-corrected chi connectivity index (χ2v) is 6.35. The second kappa shape index (κ2) is 8.79. The van der Waals surface area contributed by atoms with Crippen molar-refractivity contribution < 1.29 is 14.5 Å². The van der Waals surface area contributed by atoms with Crippen LogP contribution in [-0.4, -0.2) is 26.5 Å². The van der Waals surface area contributed by atoms with E-state index >= 15 is 0 Å². The fourth-order valence-corrected chi connectivity index (χ4v) is 2.76. The second-order valence-electron chi connectivity index (χ2n) is 6.35. The molecule has 1 unspecified atom stereocenters. The van der Waals surface area contributed by atoms with Crippen LogP contribution in [-0.2, 0) is 11.3 Å². The van der Waals surface area contributed by atoms with E-state index in [-0.39, 0.29) is 24.2 Å². The number of hydrogen-bond donors (Lipinski definition) is 2. The highest BCUT2D eigenvalue weighted by Crippen LogP contribution is 2.18. The van der Waals surface area contributed by atoms with Gasteiger partial charge in [-0.25, -0.2) is 0 Å². The van der Waals surface area contributed by atoms with Crippen LogP contribution in [0.3, 0.4) is 0 Å². The Balaban J connectivity index is 1.68. The monoisotopic (exact) mass is 393 g/mol. The summed E-state index contributed by atoms with van der Waals surface area (Å²) in [5.74, 6) is -0.786.